The predicted octanol–water partition coefficient (Wildman–Crippen LogP) is 2.54. The van der Waals surface area contributed by atoms with Crippen LogP contribution in [0.5, 0.6) is 0 Å². The Morgan fingerprint density at radius 3 is 2.93 bits per heavy atom. The van der Waals surface area contributed by atoms with E-state index in [9.17, 15) is 0 Å². The Morgan fingerprint density at radius 2 is 2.27 bits per heavy atom. The molecule has 0 saturated heterocycles. The van der Waals surface area contributed by atoms with Crippen LogP contribution in [0, 0.1) is 0 Å². The lowest BCUT2D eigenvalue weighted by molar-refractivity contribution is 0.653. The lowest BCUT2D eigenvalue weighted by atomic mass is 10.1. The minimum Gasteiger partial charge on any atom is -0.316 e. The van der Waals surface area contributed by atoms with Gasteiger partial charge in [-0.3, -0.25) is 4.68 Å². The van der Waals surface area contributed by atoms with Gasteiger partial charge in [0.15, 0.2) is 0 Å². The quantitative estimate of drug-likeness (QED) is 0.927. The first-order chi connectivity index (χ1) is 7.26. The number of hydrogen-bond acceptors (Lipinski definition) is 2. The number of halogens is 1. The summed E-state index contributed by atoms with van der Waals surface area (Å²) in [5, 5.41) is 8.81. The maximum Gasteiger partial charge on any atom is 0.111 e. The summed E-state index contributed by atoms with van der Waals surface area (Å²) < 4.78 is 3.03. The van der Waals surface area contributed by atoms with Crippen molar-refractivity contribution in [2.45, 2.75) is 20.0 Å². The molecule has 0 amide bonds. The molecule has 3 nitrogen and oxygen atoms in total. The van der Waals surface area contributed by atoms with E-state index in [1.54, 1.807) is 0 Å². The summed E-state index contributed by atoms with van der Waals surface area (Å²) in [7, 11) is 1.95. The zero-order valence-electron chi connectivity index (χ0n) is 8.92. The Kier molecular flexibility index (Phi) is 3.07. The highest BCUT2D eigenvalue weighted by atomic mass is 79.9. The maximum absolute atomic E-state index is 4.48. The van der Waals surface area contributed by atoms with Gasteiger partial charge in [0, 0.05) is 18.5 Å². The minimum absolute atomic E-state index is 0.886. The highest BCUT2D eigenvalue weighted by Crippen LogP contribution is 2.24. The fourth-order valence-corrected chi connectivity index (χ4v) is 2.32. The molecule has 0 unspecified atom stereocenters. The molecular weight excluding hydrogens is 254 g/mol. The summed E-state index contributed by atoms with van der Waals surface area (Å²) in [6, 6.07) is 6.35. The first-order valence-corrected chi connectivity index (χ1v) is 5.85. The summed E-state index contributed by atoms with van der Waals surface area (Å²) in [5.74, 6) is 0. The van der Waals surface area contributed by atoms with Gasteiger partial charge < -0.3 is 5.32 Å². The van der Waals surface area contributed by atoms with Crippen molar-refractivity contribution >= 4 is 26.8 Å². The van der Waals surface area contributed by atoms with Gasteiger partial charge in [0.2, 0.25) is 0 Å². The van der Waals surface area contributed by atoms with Gasteiger partial charge in [0.05, 0.1) is 5.52 Å². The van der Waals surface area contributed by atoms with Crippen LogP contribution in [0.4, 0.5) is 0 Å². The van der Waals surface area contributed by atoms with E-state index < -0.39 is 0 Å². The molecule has 0 bridgehead atoms. The first-order valence-electron chi connectivity index (χ1n) is 5.05. The second-order valence-electron chi connectivity index (χ2n) is 3.49. The SMILES string of the molecule is CCn1nc2ccc(CNC)cc2c1Br. The summed E-state index contributed by atoms with van der Waals surface area (Å²) in [6.45, 7) is 3.86. The number of benzene rings is 1. The molecular formula is C11H14BrN3. The summed E-state index contributed by atoms with van der Waals surface area (Å²) >= 11 is 3.58. The third kappa shape index (κ3) is 1.92. The van der Waals surface area contributed by atoms with Gasteiger partial charge in [-0.05, 0) is 47.6 Å². The van der Waals surface area contributed by atoms with Crippen LogP contribution in [0.1, 0.15) is 12.5 Å². The van der Waals surface area contributed by atoms with Crippen molar-refractivity contribution in [1.29, 1.82) is 0 Å². The minimum atomic E-state index is 0.886. The standard InChI is InChI=1S/C11H14BrN3/c1-3-15-11(12)9-6-8(7-13-2)4-5-10(9)14-15/h4-6,13H,3,7H2,1-2H3. The molecule has 0 atom stereocenters. The Hall–Kier alpha value is -0.870. The second-order valence-corrected chi connectivity index (χ2v) is 4.24. The Labute approximate surface area is 97.6 Å². The van der Waals surface area contributed by atoms with Gasteiger partial charge in [-0.25, -0.2) is 0 Å². The number of nitrogens with zero attached hydrogens (tertiary/aromatic N) is 2. The Morgan fingerprint density at radius 1 is 1.47 bits per heavy atom. The van der Waals surface area contributed by atoms with Gasteiger partial charge >= 0.3 is 0 Å². The maximum atomic E-state index is 4.48. The number of aryl methyl sites for hydroxylation is 1. The van der Waals surface area contributed by atoms with E-state index in [2.05, 4.69) is 51.5 Å². The number of aromatic nitrogens is 2. The molecule has 0 fully saturated rings. The lowest BCUT2D eigenvalue weighted by Crippen LogP contribution is -2.04. The summed E-state index contributed by atoms with van der Waals surface area (Å²) in [6.07, 6.45) is 0. The zero-order chi connectivity index (χ0) is 10.8. The Balaban J connectivity index is 2.54. The van der Waals surface area contributed by atoms with Crippen LogP contribution >= 0.6 is 15.9 Å². The van der Waals surface area contributed by atoms with Gasteiger partial charge in [-0.1, -0.05) is 6.07 Å². The third-order valence-electron chi connectivity index (χ3n) is 2.42. The van der Waals surface area contributed by atoms with Crippen LogP contribution in [0.15, 0.2) is 22.8 Å². The van der Waals surface area contributed by atoms with E-state index in [4.69, 9.17) is 0 Å². The van der Waals surface area contributed by atoms with Crippen LogP contribution < -0.4 is 5.32 Å². The normalized spacial score (nSPS) is 11.1. The van der Waals surface area contributed by atoms with Crippen molar-refractivity contribution in [1.82, 2.24) is 15.1 Å². The highest BCUT2D eigenvalue weighted by Gasteiger charge is 2.07. The molecule has 1 N–H and O–H groups in total. The van der Waals surface area contributed by atoms with Crippen molar-refractivity contribution in [3.63, 3.8) is 0 Å². The lowest BCUT2D eigenvalue weighted by Gasteiger charge is -1.99. The predicted molar refractivity (Wildman–Crippen MR) is 65.9 cm³/mol. The number of fused-ring (bicyclic) bond motifs is 1. The van der Waals surface area contributed by atoms with Crippen LogP contribution in [-0.2, 0) is 13.1 Å². The van der Waals surface area contributed by atoms with Gasteiger partial charge in [-0.15, -0.1) is 0 Å². The van der Waals surface area contributed by atoms with E-state index in [0.29, 0.717) is 0 Å². The number of nitrogens with one attached hydrogen (secondary N) is 1. The monoisotopic (exact) mass is 267 g/mol. The number of hydrogen-bond donors (Lipinski definition) is 1. The van der Waals surface area contributed by atoms with Crippen LogP contribution in [0.25, 0.3) is 10.9 Å². The molecule has 1 heterocycles. The van der Waals surface area contributed by atoms with Gasteiger partial charge in [-0.2, -0.15) is 5.10 Å². The first kappa shape index (κ1) is 10.6. The topological polar surface area (TPSA) is 29.9 Å². The number of rotatable bonds is 3. The van der Waals surface area contributed by atoms with Crippen molar-refractivity contribution in [3.05, 3.63) is 28.4 Å². The molecule has 1 aromatic heterocycles. The van der Waals surface area contributed by atoms with Crippen molar-refractivity contribution < 1.29 is 0 Å². The van der Waals surface area contributed by atoms with E-state index in [1.165, 1.54) is 10.9 Å². The molecule has 0 radical (unpaired) electrons. The average molecular weight is 268 g/mol. The fraction of sp³-hybridized carbons (Fsp3) is 0.364. The van der Waals surface area contributed by atoms with Crippen molar-refractivity contribution in [2.24, 2.45) is 0 Å². The molecule has 0 aliphatic carbocycles. The molecule has 2 aromatic rings. The van der Waals surface area contributed by atoms with E-state index >= 15 is 0 Å². The van der Waals surface area contributed by atoms with E-state index in [0.717, 1.165) is 23.2 Å². The smallest absolute Gasteiger partial charge is 0.111 e. The fourth-order valence-electron chi connectivity index (χ4n) is 1.67. The zero-order valence-corrected chi connectivity index (χ0v) is 10.5. The third-order valence-corrected chi connectivity index (χ3v) is 3.26. The van der Waals surface area contributed by atoms with Gasteiger partial charge in [0.1, 0.15) is 4.60 Å². The van der Waals surface area contributed by atoms with Crippen LogP contribution in [0.2, 0.25) is 0 Å². The van der Waals surface area contributed by atoms with Crippen LogP contribution in [0.3, 0.4) is 0 Å². The molecule has 4 heteroatoms. The molecule has 0 aliphatic heterocycles. The second kappa shape index (κ2) is 4.33. The molecule has 15 heavy (non-hydrogen) atoms. The molecule has 80 valence electrons. The van der Waals surface area contributed by atoms with Crippen molar-refractivity contribution in [3.8, 4) is 0 Å². The highest BCUT2D eigenvalue weighted by molar-refractivity contribution is 9.10. The average Bonchev–Trinajstić information content (AvgIpc) is 2.56. The van der Waals surface area contributed by atoms with Crippen molar-refractivity contribution in [2.75, 3.05) is 7.05 Å². The van der Waals surface area contributed by atoms with Crippen LogP contribution in [-0.4, -0.2) is 16.8 Å². The Bertz CT molecular complexity index is 476. The molecule has 1 aromatic carbocycles. The summed E-state index contributed by atoms with van der Waals surface area (Å²) in [5.41, 5.74) is 2.32. The van der Waals surface area contributed by atoms with E-state index in [-0.39, 0.29) is 0 Å². The molecule has 0 spiro atoms. The molecule has 2 rings (SSSR count). The molecule has 0 aliphatic rings. The molecule has 0 saturated carbocycles. The summed E-state index contributed by atoms with van der Waals surface area (Å²) in [4.78, 5) is 0. The van der Waals surface area contributed by atoms with E-state index in [1.807, 2.05) is 11.7 Å². The largest absolute Gasteiger partial charge is 0.316 e. The van der Waals surface area contributed by atoms with Gasteiger partial charge in [0.25, 0.3) is 0 Å².